The molecule has 1 aromatic carbocycles. The molecular weight excluding hydrogens is 325 g/mol. The average Bonchev–Trinajstić information content (AvgIpc) is 2.29. The summed E-state index contributed by atoms with van der Waals surface area (Å²) in [7, 11) is 1.60. The van der Waals surface area contributed by atoms with Gasteiger partial charge in [-0.1, -0.05) is 49.4 Å². The maximum atomic E-state index is 9.03. The smallest absolute Gasteiger partial charge is 0.139 e. The first kappa shape index (κ1) is 16.2. The second-order valence-corrected chi connectivity index (χ2v) is 4.74. The number of hydrogen-bond donors (Lipinski definition) is 0. The maximum Gasteiger partial charge on any atom is 0.139 e. The Morgan fingerprint density at radius 2 is 1.76 bits per heavy atom. The quantitative estimate of drug-likeness (QED) is 0.564. The summed E-state index contributed by atoms with van der Waals surface area (Å²) in [5, 5.41) is 9.03. The molecule has 94 valence electrons. The van der Waals surface area contributed by atoms with Crippen molar-refractivity contribution >= 4 is 22.6 Å². The van der Waals surface area contributed by atoms with Crippen molar-refractivity contribution < 1.29 is 4.74 Å². The van der Waals surface area contributed by atoms with Crippen LogP contribution in [0.25, 0.3) is 0 Å². The standard InChI is InChI=1S/C13H17NO.CH3I/c1-9-6-11(13(2,3)4)7-10(8-14)12(9)15-5;1-2/h6-7H,1-5H3;1H3. The zero-order chi connectivity index (χ0) is 13.6. The molecule has 3 heteroatoms. The van der Waals surface area contributed by atoms with Crippen molar-refractivity contribution in [2.45, 2.75) is 33.1 Å². The van der Waals surface area contributed by atoms with Crippen LogP contribution in [0.4, 0.5) is 0 Å². The molecule has 0 atom stereocenters. The molecule has 0 aliphatic carbocycles. The van der Waals surface area contributed by atoms with Gasteiger partial charge in [0.2, 0.25) is 0 Å². The van der Waals surface area contributed by atoms with E-state index < -0.39 is 0 Å². The number of nitriles is 1. The zero-order valence-electron chi connectivity index (χ0n) is 11.4. The van der Waals surface area contributed by atoms with E-state index in [1.807, 2.05) is 17.9 Å². The van der Waals surface area contributed by atoms with E-state index >= 15 is 0 Å². The summed E-state index contributed by atoms with van der Waals surface area (Å²) in [4.78, 5) is 1.97. The third kappa shape index (κ3) is 4.19. The number of hydrogen-bond acceptors (Lipinski definition) is 2. The topological polar surface area (TPSA) is 33.0 Å². The highest BCUT2D eigenvalue weighted by Crippen LogP contribution is 2.30. The van der Waals surface area contributed by atoms with Crippen LogP contribution in [0.5, 0.6) is 5.75 Å². The lowest BCUT2D eigenvalue weighted by atomic mass is 9.85. The minimum absolute atomic E-state index is 0.0582. The molecule has 0 bridgehead atoms. The number of methoxy groups -OCH3 is 1. The molecule has 0 aromatic heterocycles. The summed E-state index contributed by atoms with van der Waals surface area (Å²) >= 11 is 2.15. The Kier molecular flexibility index (Phi) is 6.54. The fraction of sp³-hybridized carbons (Fsp3) is 0.500. The van der Waals surface area contributed by atoms with Gasteiger partial charge in [-0.2, -0.15) is 5.26 Å². The van der Waals surface area contributed by atoms with Gasteiger partial charge in [0.05, 0.1) is 12.7 Å². The Morgan fingerprint density at radius 1 is 1.24 bits per heavy atom. The Hall–Kier alpha value is -0.760. The predicted molar refractivity (Wildman–Crippen MR) is 81.1 cm³/mol. The molecule has 0 spiro atoms. The monoisotopic (exact) mass is 345 g/mol. The van der Waals surface area contributed by atoms with E-state index in [9.17, 15) is 0 Å². The molecule has 0 radical (unpaired) electrons. The summed E-state index contributed by atoms with van der Waals surface area (Å²) in [5.74, 6) is 0.686. The minimum Gasteiger partial charge on any atom is -0.495 e. The van der Waals surface area contributed by atoms with Crippen molar-refractivity contribution in [1.82, 2.24) is 0 Å². The lowest BCUT2D eigenvalue weighted by Gasteiger charge is -2.21. The van der Waals surface area contributed by atoms with Crippen LogP contribution in [0.3, 0.4) is 0 Å². The number of nitrogens with zero attached hydrogens (tertiary/aromatic N) is 1. The van der Waals surface area contributed by atoms with E-state index in [2.05, 4.69) is 55.5 Å². The van der Waals surface area contributed by atoms with Crippen LogP contribution < -0.4 is 4.74 Å². The molecule has 17 heavy (non-hydrogen) atoms. The van der Waals surface area contributed by atoms with Gasteiger partial charge < -0.3 is 4.74 Å². The number of ether oxygens (including phenoxy) is 1. The predicted octanol–water partition coefficient (Wildman–Crippen LogP) is 4.22. The second-order valence-electron chi connectivity index (χ2n) is 4.74. The largest absolute Gasteiger partial charge is 0.495 e. The number of alkyl halides is 1. The highest BCUT2D eigenvalue weighted by Gasteiger charge is 2.17. The van der Waals surface area contributed by atoms with E-state index in [0.717, 1.165) is 11.1 Å². The molecule has 0 aliphatic heterocycles. The van der Waals surface area contributed by atoms with Crippen molar-refractivity contribution in [3.05, 3.63) is 28.8 Å². The third-order valence-corrected chi connectivity index (χ3v) is 2.47. The van der Waals surface area contributed by atoms with E-state index in [4.69, 9.17) is 10.00 Å². The van der Waals surface area contributed by atoms with Crippen molar-refractivity contribution in [2.75, 3.05) is 12.0 Å². The second kappa shape index (κ2) is 6.85. The molecule has 0 saturated heterocycles. The lowest BCUT2D eigenvalue weighted by molar-refractivity contribution is 0.409. The first-order valence-corrected chi connectivity index (χ1v) is 7.53. The fourth-order valence-electron chi connectivity index (χ4n) is 1.56. The van der Waals surface area contributed by atoms with Gasteiger partial charge in [-0.05, 0) is 34.5 Å². The first-order valence-electron chi connectivity index (χ1n) is 5.37. The number of aryl methyl sites for hydroxylation is 1. The highest BCUT2D eigenvalue weighted by molar-refractivity contribution is 14.1. The van der Waals surface area contributed by atoms with Crippen LogP contribution in [-0.4, -0.2) is 12.0 Å². The molecule has 1 rings (SSSR count). The maximum absolute atomic E-state index is 9.03. The fourth-order valence-corrected chi connectivity index (χ4v) is 1.56. The van der Waals surface area contributed by atoms with Crippen LogP contribution in [-0.2, 0) is 5.41 Å². The number of halogens is 1. The first-order chi connectivity index (χ1) is 7.90. The molecule has 1 aromatic rings. The summed E-state index contributed by atoms with van der Waals surface area (Å²) in [6, 6.07) is 6.17. The normalized spacial score (nSPS) is 10.0. The molecule has 0 saturated carbocycles. The third-order valence-electron chi connectivity index (χ3n) is 2.47. The summed E-state index contributed by atoms with van der Waals surface area (Å²) < 4.78 is 5.21. The SMILES string of the molecule is CI.COc1c(C)cc(C(C)(C)C)cc1C#N. The Morgan fingerprint density at radius 3 is 2.12 bits per heavy atom. The van der Waals surface area contributed by atoms with Gasteiger partial charge in [0.1, 0.15) is 11.8 Å². The van der Waals surface area contributed by atoms with Crippen molar-refractivity contribution in [3.63, 3.8) is 0 Å². The van der Waals surface area contributed by atoms with E-state index in [1.165, 1.54) is 0 Å². The van der Waals surface area contributed by atoms with Crippen molar-refractivity contribution in [1.29, 1.82) is 5.26 Å². The Bertz CT molecular complexity index is 413. The molecule has 0 unspecified atom stereocenters. The van der Waals surface area contributed by atoms with Crippen LogP contribution in [0.1, 0.15) is 37.5 Å². The molecule has 0 amide bonds. The van der Waals surface area contributed by atoms with Gasteiger partial charge in [-0.25, -0.2) is 0 Å². The average molecular weight is 345 g/mol. The van der Waals surface area contributed by atoms with E-state index in [1.54, 1.807) is 7.11 Å². The molecular formula is C14H20INO. The number of rotatable bonds is 1. The van der Waals surface area contributed by atoms with Gasteiger partial charge in [0.25, 0.3) is 0 Å². The van der Waals surface area contributed by atoms with Crippen LogP contribution in [0, 0.1) is 18.3 Å². The van der Waals surface area contributed by atoms with Gasteiger partial charge in [0.15, 0.2) is 0 Å². The van der Waals surface area contributed by atoms with Gasteiger partial charge in [0, 0.05) is 0 Å². The van der Waals surface area contributed by atoms with Crippen molar-refractivity contribution in [3.8, 4) is 11.8 Å². The molecule has 2 nitrogen and oxygen atoms in total. The minimum atomic E-state index is 0.0582. The zero-order valence-corrected chi connectivity index (χ0v) is 13.5. The molecule has 0 N–H and O–H groups in total. The van der Waals surface area contributed by atoms with Crippen LogP contribution >= 0.6 is 22.6 Å². The van der Waals surface area contributed by atoms with Crippen LogP contribution in [0.2, 0.25) is 0 Å². The van der Waals surface area contributed by atoms with Gasteiger partial charge >= 0.3 is 0 Å². The van der Waals surface area contributed by atoms with E-state index in [0.29, 0.717) is 11.3 Å². The Labute approximate surface area is 118 Å². The number of benzene rings is 1. The lowest BCUT2D eigenvalue weighted by Crippen LogP contribution is -2.12. The van der Waals surface area contributed by atoms with Crippen LogP contribution in [0.15, 0.2) is 12.1 Å². The molecule has 0 fully saturated rings. The van der Waals surface area contributed by atoms with Gasteiger partial charge in [-0.3, -0.25) is 0 Å². The molecule has 0 aliphatic rings. The van der Waals surface area contributed by atoms with Gasteiger partial charge in [-0.15, -0.1) is 0 Å². The van der Waals surface area contributed by atoms with Crippen molar-refractivity contribution in [2.24, 2.45) is 0 Å². The molecule has 0 heterocycles. The Balaban J connectivity index is 0.00000121. The highest BCUT2D eigenvalue weighted by atomic mass is 127. The summed E-state index contributed by atoms with van der Waals surface area (Å²) in [6.45, 7) is 8.37. The summed E-state index contributed by atoms with van der Waals surface area (Å²) in [5.41, 5.74) is 2.85. The van der Waals surface area contributed by atoms with E-state index in [-0.39, 0.29) is 5.41 Å². The summed E-state index contributed by atoms with van der Waals surface area (Å²) in [6.07, 6.45) is 0.